The van der Waals surface area contributed by atoms with Crippen LogP contribution in [0.5, 0.6) is 0 Å². The van der Waals surface area contributed by atoms with E-state index in [0.717, 1.165) is 49.3 Å². The highest BCUT2D eigenvalue weighted by atomic mass is 16.2. The van der Waals surface area contributed by atoms with Gasteiger partial charge < -0.3 is 9.88 Å². The number of amides is 2. The molecule has 0 fully saturated rings. The Morgan fingerprint density at radius 3 is 2.70 bits per heavy atom. The van der Waals surface area contributed by atoms with E-state index in [1.807, 2.05) is 18.2 Å². The van der Waals surface area contributed by atoms with Gasteiger partial charge in [-0.3, -0.25) is 14.6 Å². The summed E-state index contributed by atoms with van der Waals surface area (Å²) in [5.41, 5.74) is 6.60. The van der Waals surface area contributed by atoms with Crippen LogP contribution < -0.4 is 4.90 Å². The number of Topliss-reactive ketones (excluding diaryl/α,β-unsaturated/α-hetero) is 1. The number of ketones is 1. The maximum absolute atomic E-state index is 12.9. The summed E-state index contributed by atoms with van der Waals surface area (Å²) in [4.78, 5) is 34.3. The van der Waals surface area contributed by atoms with Crippen molar-refractivity contribution in [2.45, 2.75) is 19.3 Å². The largest absolute Gasteiger partial charge is 0.361 e. The van der Waals surface area contributed by atoms with Crippen LogP contribution in [0.4, 0.5) is 10.5 Å². The smallest absolute Gasteiger partial charge is 0.323 e. The molecule has 0 unspecified atom stereocenters. The maximum atomic E-state index is 12.9. The van der Waals surface area contributed by atoms with E-state index < -0.39 is 0 Å². The molecule has 0 radical (unpaired) electrons. The summed E-state index contributed by atoms with van der Waals surface area (Å²) >= 11 is 0. The average Bonchev–Trinajstić information content (AvgIpc) is 3.46. The molecule has 170 valence electrons. The summed E-state index contributed by atoms with van der Waals surface area (Å²) in [5.74, 6) is 0.168. The molecule has 3 heterocycles. The molecule has 0 spiro atoms. The highest BCUT2D eigenvalue weighted by Crippen LogP contribution is 2.31. The normalized spacial score (nSPS) is 16.1. The van der Waals surface area contributed by atoms with E-state index in [4.69, 9.17) is 0 Å². The zero-order valence-electron chi connectivity index (χ0n) is 19.3. The van der Waals surface area contributed by atoms with E-state index in [1.54, 1.807) is 23.9 Å². The van der Waals surface area contributed by atoms with Gasteiger partial charge in [-0.2, -0.15) is 0 Å². The zero-order chi connectivity index (χ0) is 22.9. The van der Waals surface area contributed by atoms with Gasteiger partial charge in [-0.05, 0) is 48.2 Å². The second kappa shape index (κ2) is 8.87. The molecule has 0 atom stereocenters. The predicted octanol–water partition coefficient (Wildman–Crippen LogP) is 4.57. The fraction of sp³-hybridized carbons (Fsp3) is 0.333. The van der Waals surface area contributed by atoms with Gasteiger partial charge in [0.2, 0.25) is 0 Å². The van der Waals surface area contributed by atoms with E-state index in [9.17, 15) is 9.59 Å². The standard InChI is InChI=1S/C27H30N4O2/c1-29(2)27(33)31-16-11-20-17-21(7-8-25(20)31)26(32)12-15-30-13-9-19(10-14-30)23-18-28-24-6-4-3-5-22(23)24/h3-9,17-18,28H,10-16H2,1-2H3. The first-order chi connectivity index (χ1) is 16.0. The van der Waals surface area contributed by atoms with Crippen LogP contribution >= 0.6 is 0 Å². The number of H-pyrrole nitrogens is 1. The van der Waals surface area contributed by atoms with Crippen molar-refractivity contribution in [2.75, 3.05) is 45.2 Å². The van der Waals surface area contributed by atoms with Crippen LogP contribution in [0, 0.1) is 0 Å². The fourth-order valence-corrected chi connectivity index (χ4v) is 4.92. The van der Waals surface area contributed by atoms with E-state index in [1.165, 1.54) is 22.0 Å². The lowest BCUT2D eigenvalue weighted by Gasteiger charge is -2.26. The van der Waals surface area contributed by atoms with Crippen LogP contribution in [0.2, 0.25) is 0 Å². The van der Waals surface area contributed by atoms with Crippen molar-refractivity contribution in [3.8, 4) is 0 Å². The zero-order valence-corrected chi connectivity index (χ0v) is 19.3. The van der Waals surface area contributed by atoms with Crippen molar-refractivity contribution >= 4 is 34.0 Å². The third-order valence-corrected chi connectivity index (χ3v) is 6.79. The minimum absolute atomic E-state index is 0.0158. The van der Waals surface area contributed by atoms with Crippen LogP contribution in [0.15, 0.2) is 54.7 Å². The van der Waals surface area contributed by atoms with Crippen LogP contribution in [0.3, 0.4) is 0 Å². The lowest BCUT2D eigenvalue weighted by molar-refractivity contribution is 0.0966. The summed E-state index contributed by atoms with van der Waals surface area (Å²) in [5, 5.41) is 1.27. The van der Waals surface area contributed by atoms with Crippen molar-refractivity contribution in [2.24, 2.45) is 0 Å². The number of carbonyl (C=O) groups is 2. The molecule has 6 heteroatoms. The summed E-state index contributed by atoms with van der Waals surface area (Å²) in [6.45, 7) is 3.26. The molecular weight excluding hydrogens is 412 g/mol. The molecule has 6 nitrogen and oxygen atoms in total. The number of benzene rings is 2. The van der Waals surface area contributed by atoms with Gasteiger partial charge in [-0.15, -0.1) is 0 Å². The van der Waals surface area contributed by atoms with Crippen LogP contribution in [0.25, 0.3) is 16.5 Å². The molecule has 1 aromatic heterocycles. The second-order valence-corrected chi connectivity index (χ2v) is 9.12. The summed E-state index contributed by atoms with van der Waals surface area (Å²) in [7, 11) is 3.52. The monoisotopic (exact) mass is 442 g/mol. The minimum atomic E-state index is -0.0158. The van der Waals surface area contributed by atoms with Crippen molar-refractivity contribution < 1.29 is 9.59 Å². The molecular formula is C27H30N4O2. The van der Waals surface area contributed by atoms with E-state index in [2.05, 4.69) is 46.4 Å². The number of aromatic nitrogens is 1. The highest BCUT2D eigenvalue weighted by Gasteiger charge is 2.26. The molecule has 2 aliphatic rings. The molecule has 33 heavy (non-hydrogen) atoms. The molecule has 0 saturated heterocycles. The highest BCUT2D eigenvalue weighted by molar-refractivity contribution is 5.99. The molecule has 2 aliphatic heterocycles. The Hall–Kier alpha value is -3.38. The number of fused-ring (bicyclic) bond motifs is 2. The third kappa shape index (κ3) is 4.18. The average molecular weight is 443 g/mol. The maximum Gasteiger partial charge on any atom is 0.323 e. The lowest BCUT2D eigenvalue weighted by Crippen LogP contribution is -2.38. The fourth-order valence-electron chi connectivity index (χ4n) is 4.92. The van der Waals surface area contributed by atoms with Crippen LogP contribution in [-0.2, 0) is 6.42 Å². The topological polar surface area (TPSA) is 59.7 Å². The number of nitrogens with one attached hydrogen (secondary N) is 1. The number of urea groups is 1. The van der Waals surface area contributed by atoms with E-state index in [-0.39, 0.29) is 11.8 Å². The number of hydrogen-bond acceptors (Lipinski definition) is 3. The summed E-state index contributed by atoms with van der Waals surface area (Å²) < 4.78 is 0. The molecule has 0 aliphatic carbocycles. The second-order valence-electron chi connectivity index (χ2n) is 9.12. The Morgan fingerprint density at radius 2 is 1.91 bits per heavy atom. The number of para-hydroxylation sites is 1. The lowest BCUT2D eigenvalue weighted by atomic mass is 9.98. The predicted molar refractivity (Wildman–Crippen MR) is 133 cm³/mol. The summed E-state index contributed by atoms with van der Waals surface area (Å²) in [6, 6.07) is 14.2. The summed E-state index contributed by atoms with van der Waals surface area (Å²) in [6.07, 6.45) is 6.70. The Kier molecular flexibility index (Phi) is 5.77. The molecule has 0 bridgehead atoms. The van der Waals surface area contributed by atoms with Gasteiger partial charge in [0.05, 0.1) is 0 Å². The Balaban J connectivity index is 1.19. The number of hydrogen-bond donors (Lipinski definition) is 1. The van der Waals surface area contributed by atoms with Gasteiger partial charge in [-0.25, -0.2) is 4.79 Å². The number of nitrogens with zero attached hydrogens (tertiary/aromatic N) is 3. The number of rotatable bonds is 5. The van der Waals surface area contributed by atoms with Gasteiger partial charge in [0.15, 0.2) is 5.78 Å². The van der Waals surface area contributed by atoms with Crippen LogP contribution in [-0.4, -0.2) is 66.9 Å². The Labute approximate surface area is 194 Å². The molecule has 1 N–H and O–H groups in total. The van der Waals surface area contributed by atoms with Gasteiger partial charge in [0, 0.05) is 80.6 Å². The Morgan fingerprint density at radius 1 is 1.06 bits per heavy atom. The van der Waals surface area contributed by atoms with Gasteiger partial charge in [-0.1, -0.05) is 24.3 Å². The molecule has 2 aromatic carbocycles. The van der Waals surface area contributed by atoms with Crippen molar-refractivity contribution in [1.29, 1.82) is 0 Å². The first-order valence-electron chi connectivity index (χ1n) is 11.6. The number of carbonyl (C=O) groups excluding carboxylic acids is 2. The first kappa shape index (κ1) is 21.5. The Bertz CT molecular complexity index is 1240. The van der Waals surface area contributed by atoms with Crippen molar-refractivity contribution in [3.05, 3.63) is 71.4 Å². The minimum Gasteiger partial charge on any atom is -0.361 e. The number of aromatic amines is 1. The third-order valence-electron chi connectivity index (χ3n) is 6.79. The molecule has 2 amide bonds. The molecule has 3 aromatic rings. The van der Waals surface area contributed by atoms with Crippen molar-refractivity contribution in [3.63, 3.8) is 0 Å². The van der Waals surface area contributed by atoms with Gasteiger partial charge in [0.1, 0.15) is 0 Å². The quantitative estimate of drug-likeness (QED) is 0.589. The number of anilines is 1. The SMILES string of the molecule is CN(C)C(=O)N1CCc2cc(C(=O)CCN3CC=C(c4c[nH]c5ccccc45)CC3)ccc21. The first-order valence-corrected chi connectivity index (χ1v) is 11.6. The van der Waals surface area contributed by atoms with Gasteiger partial charge in [0.25, 0.3) is 0 Å². The van der Waals surface area contributed by atoms with E-state index in [0.29, 0.717) is 13.0 Å². The van der Waals surface area contributed by atoms with Gasteiger partial charge >= 0.3 is 6.03 Å². The molecule has 0 saturated carbocycles. The molecule has 5 rings (SSSR count). The van der Waals surface area contributed by atoms with Crippen LogP contribution in [0.1, 0.15) is 34.3 Å². The van der Waals surface area contributed by atoms with E-state index >= 15 is 0 Å². The van der Waals surface area contributed by atoms with Crippen molar-refractivity contribution in [1.82, 2.24) is 14.8 Å².